The molecule has 0 unspecified atom stereocenters. The largest absolute Gasteiger partial charge is 0.280 e. The van der Waals surface area contributed by atoms with Gasteiger partial charge in [0, 0.05) is 6.54 Å². The van der Waals surface area contributed by atoms with Crippen molar-refractivity contribution in [1.82, 2.24) is 0 Å². The molecule has 0 radical (unpaired) electrons. The number of fused-ring (bicyclic) bond motifs is 1. The molecule has 2 heterocycles. The van der Waals surface area contributed by atoms with Gasteiger partial charge in [-0.05, 0) is 60.2 Å². The lowest BCUT2D eigenvalue weighted by Gasteiger charge is -2.30. The number of thiophene rings is 1. The minimum absolute atomic E-state index is 0.210. The third-order valence-corrected chi connectivity index (χ3v) is 9.12. The van der Waals surface area contributed by atoms with Gasteiger partial charge in [-0.3, -0.25) is 9.03 Å². The quantitative estimate of drug-likeness (QED) is 0.638. The number of anilines is 2. The van der Waals surface area contributed by atoms with Crippen LogP contribution in [-0.2, 0) is 26.5 Å². The number of benzene rings is 2. The normalized spacial score (nSPS) is 14.4. The molecule has 4 rings (SSSR count). The van der Waals surface area contributed by atoms with Crippen molar-refractivity contribution in [2.75, 3.05) is 15.6 Å². The summed E-state index contributed by atoms with van der Waals surface area (Å²) in [6.45, 7) is 0.313. The van der Waals surface area contributed by atoms with Gasteiger partial charge in [0.25, 0.3) is 20.0 Å². The molecule has 0 aliphatic carbocycles. The van der Waals surface area contributed by atoms with Crippen LogP contribution in [0.2, 0.25) is 0 Å². The summed E-state index contributed by atoms with van der Waals surface area (Å²) in [5.74, 6) is -0.661. The van der Waals surface area contributed by atoms with Gasteiger partial charge in [-0.25, -0.2) is 21.2 Å². The Balaban J connectivity index is 1.71. The Morgan fingerprint density at radius 3 is 2.55 bits per heavy atom. The first-order valence-corrected chi connectivity index (χ1v) is 12.6. The van der Waals surface area contributed by atoms with Crippen molar-refractivity contribution in [2.24, 2.45) is 0 Å². The fourth-order valence-electron chi connectivity index (χ4n) is 3.22. The highest BCUT2D eigenvalue weighted by molar-refractivity contribution is 7.94. The molecule has 1 N–H and O–H groups in total. The maximum Gasteiger partial charge on any atom is 0.273 e. The molecular formula is C19H17FN2O4S3. The molecule has 1 aliphatic heterocycles. The zero-order chi connectivity index (χ0) is 20.6. The van der Waals surface area contributed by atoms with Crippen LogP contribution < -0.4 is 9.03 Å². The lowest BCUT2D eigenvalue weighted by Crippen LogP contribution is -2.35. The summed E-state index contributed by atoms with van der Waals surface area (Å²) in [6.07, 6.45) is 1.37. The summed E-state index contributed by atoms with van der Waals surface area (Å²) >= 11 is 1.13. The van der Waals surface area contributed by atoms with Crippen LogP contribution in [0.25, 0.3) is 0 Å². The fourth-order valence-corrected chi connectivity index (χ4v) is 6.94. The number of hydrogen-bond acceptors (Lipinski definition) is 5. The van der Waals surface area contributed by atoms with Crippen molar-refractivity contribution in [3.63, 3.8) is 0 Å². The molecule has 0 spiro atoms. The number of nitrogens with one attached hydrogen (secondary N) is 1. The minimum atomic E-state index is -4.01. The van der Waals surface area contributed by atoms with E-state index in [1.54, 1.807) is 29.6 Å². The second-order valence-corrected chi connectivity index (χ2v) is 11.2. The van der Waals surface area contributed by atoms with E-state index < -0.39 is 25.9 Å². The molecule has 3 aromatic rings. The van der Waals surface area contributed by atoms with Crippen molar-refractivity contribution in [1.29, 1.82) is 0 Å². The monoisotopic (exact) mass is 452 g/mol. The smallest absolute Gasteiger partial charge is 0.273 e. The Hall–Kier alpha value is -2.43. The predicted octanol–water partition coefficient (Wildman–Crippen LogP) is 3.83. The van der Waals surface area contributed by atoms with Gasteiger partial charge < -0.3 is 0 Å². The lowest BCUT2D eigenvalue weighted by atomic mass is 10.0. The zero-order valence-corrected chi connectivity index (χ0v) is 17.5. The molecule has 1 aromatic heterocycles. The van der Waals surface area contributed by atoms with Crippen LogP contribution in [0.5, 0.6) is 0 Å². The summed E-state index contributed by atoms with van der Waals surface area (Å²) in [5, 5.41) is 1.70. The number of hydrogen-bond donors (Lipinski definition) is 1. The maximum atomic E-state index is 13.4. The van der Waals surface area contributed by atoms with Gasteiger partial charge in [0.2, 0.25) is 0 Å². The highest BCUT2D eigenvalue weighted by Crippen LogP contribution is 2.35. The molecule has 6 nitrogen and oxygen atoms in total. The van der Waals surface area contributed by atoms with Gasteiger partial charge in [0.05, 0.1) is 16.3 Å². The van der Waals surface area contributed by atoms with Gasteiger partial charge in [-0.1, -0.05) is 18.2 Å². The SMILES string of the molecule is O=S(=O)(Nc1ccc2c(c1)N(S(=O)(=O)c1cccs1)CCC2)c1cccc(F)c1. The molecule has 0 saturated carbocycles. The highest BCUT2D eigenvalue weighted by Gasteiger charge is 2.30. The van der Waals surface area contributed by atoms with E-state index in [1.165, 1.54) is 22.5 Å². The summed E-state index contributed by atoms with van der Waals surface area (Å²) < 4.78 is 68.6. The molecule has 0 amide bonds. The Kier molecular flexibility index (Phi) is 5.09. The van der Waals surface area contributed by atoms with E-state index in [1.807, 2.05) is 0 Å². The number of halogens is 1. The first kappa shape index (κ1) is 19.9. The molecule has 2 aromatic carbocycles. The maximum absolute atomic E-state index is 13.4. The van der Waals surface area contributed by atoms with E-state index in [0.717, 1.165) is 29.0 Å². The third kappa shape index (κ3) is 3.87. The van der Waals surface area contributed by atoms with E-state index in [0.29, 0.717) is 25.1 Å². The summed E-state index contributed by atoms with van der Waals surface area (Å²) in [7, 11) is -7.74. The van der Waals surface area contributed by atoms with Crippen molar-refractivity contribution >= 4 is 42.8 Å². The number of aryl methyl sites for hydroxylation is 1. The van der Waals surface area contributed by atoms with E-state index in [4.69, 9.17) is 0 Å². The third-order valence-electron chi connectivity index (χ3n) is 4.56. The van der Waals surface area contributed by atoms with Gasteiger partial charge in [-0.15, -0.1) is 11.3 Å². The fraction of sp³-hybridized carbons (Fsp3) is 0.158. The Morgan fingerprint density at radius 2 is 1.83 bits per heavy atom. The van der Waals surface area contributed by atoms with E-state index >= 15 is 0 Å². The average molecular weight is 453 g/mol. The van der Waals surface area contributed by atoms with Crippen molar-refractivity contribution in [2.45, 2.75) is 21.9 Å². The van der Waals surface area contributed by atoms with Gasteiger partial charge >= 0.3 is 0 Å². The number of nitrogens with zero attached hydrogens (tertiary/aromatic N) is 1. The van der Waals surface area contributed by atoms with Gasteiger partial charge in [0.1, 0.15) is 10.0 Å². The first-order chi connectivity index (χ1) is 13.8. The van der Waals surface area contributed by atoms with E-state index in [-0.39, 0.29) is 14.8 Å². The molecule has 152 valence electrons. The molecule has 10 heteroatoms. The topological polar surface area (TPSA) is 83.6 Å². The van der Waals surface area contributed by atoms with Crippen molar-refractivity contribution in [3.05, 3.63) is 71.4 Å². The second kappa shape index (κ2) is 7.43. The standard InChI is InChI=1S/C19H17FN2O4S3/c20-15-5-1-6-17(12-15)28(23,24)21-16-9-8-14-4-2-10-22(18(14)13-16)29(25,26)19-7-3-11-27-19/h1,3,5-9,11-13,21H,2,4,10H2. The highest BCUT2D eigenvalue weighted by atomic mass is 32.2. The van der Waals surface area contributed by atoms with Crippen LogP contribution in [0.3, 0.4) is 0 Å². The van der Waals surface area contributed by atoms with E-state index in [2.05, 4.69) is 4.72 Å². The summed E-state index contributed by atoms with van der Waals surface area (Å²) in [6, 6.07) is 12.7. The minimum Gasteiger partial charge on any atom is -0.280 e. The predicted molar refractivity (Wildman–Crippen MR) is 111 cm³/mol. The van der Waals surface area contributed by atoms with Crippen LogP contribution >= 0.6 is 11.3 Å². The van der Waals surface area contributed by atoms with Crippen LogP contribution in [-0.4, -0.2) is 23.4 Å². The van der Waals surface area contributed by atoms with Crippen LogP contribution in [0.4, 0.5) is 15.8 Å². The van der Waals surface area contributed by atoms with Crippen LogP contribution in [0, 0.1) is 5.82 Å². The zero-order valence-electron chi connectivity index (χ0n) is 15.1. The van der Waals surface area contributed by atoms with Gasteiger partial charge in [0.15, 0.2) is 0 Å². The molecular weight excluding hydrogens is 435 g/mol. The van der Waals surface area contributed by atoms with Crippen molar-refractivity contribution in [3.8, 4) is 0 Å². The van der Waals surface area contributed by atoms with E-state index in [9.17, 15) is 21.2 Å². The molecule has 0 atom stereocenters. The van der Waals surface area contributed by atoms with Gasteiger partial charge in [-0.2, -0.15) is 0 Å². The number of rotatable bonds is 5. The number of sulfonamides is 2. The molecule has 0 saturated heterocycles. The average Bonchev–Trinajstić information content (AvgIpc) is 3.23. The summed E-state index contributed by atoms with van der Waals surface area (Å²) in [5.41, 5.74) is 1.48. The Bertz CT molecular complexity index is 1260. The summed E-state index contributed by atoms with van der Waals surface area (Å²) in [4.78, 5) is -0.210. The van der Waals surface area contributed by atoms with Crippen molar-refractivity contribution < 1.29 is 21.2 Å². The second-order valence-electron chi connectivity index (χ2n) is 6.52. The Labute approximate surface area is 172 Å². The molecule has 29 heavy (non-hydrogen) atoms. The lowest BCUT2D eigenvalue weighted by molar-refractivity contribution is 0.588. The molecule has 0 bridgehead atoms. The molecule has 0 fully saturated rings. The Morgan fingerprint density at radius 1 is 1.00 bits per heavy atom. The molecule has 1 aliphatic rings. The van der Waals surface area contributed by atoms with Crippen LogP contribution in [0.15, 0.2) is 69.1 Å². The first-order valence-electron chi connectivity index (χ1n) is 8.75. The van der Waals surface area contributed by atoms with Crippen LogP contribution in [0.1, 0.15) is 12.0 Å².